The van der Waals surface area contributed by atoms with Crippen molar-refractivity contribution in [1.82, 2.24) is 19.7 Å². The quantitative estimate of drug-likeness (QED) is 0.937. The number of halogens is 1. The van der Waals surface area contributed by atoms with Crippen molar-refractivity contribution < 1.29 is 4.79 Å². The van der Waals surface area contributed by atoms with Crippen LogP contribution >= 0.6 is 12.4 Å². The van der Waals surface area contributed by atoms with Gasteiger partial charge in [0.25, 0.3) is 0 Å². The number of aryl methyl sites for hydroxylation is 1. The molecule has 0 aromatic carbocycles. The minimum atomic E-state index is 0. The largest absolute Gasteiger partial charge is 0.321 e. The van der Waals surface area contributed by atoms with Crippen LogP contribution in [0.3, 0.4) is 0 Å². The van der Waals surface area contributed by atoms with Crippen molar-refractivity contribution in [2.24, 2.45) is 7.05 Å². The number of carbonyl (C=O) groups is 1. The summed E-state index contributed by atoms with van der Waals surface area (Å²) in [5.41, 5.74) is 0.814. The first-order valence-corrected chi connectivity index (χ1v) is 6.61. The van der Waals surface area contributed by atoms with Gasteiger partial charge in [0, 0.05) is 32.4 Å². The van der Waals surface area contributed by atoms with Crippen LogP contribution in [0.25, 0.3) is 0 Å². The predicted molar refractivity (Wildman–Crippen MR) is 82.0 cm³/mol. The molecule has 1 amide bonds. The van der Waals surface area contributed by atoms with Gasteiger partial charge < -0.3 is 5.32 Å². The van der Waals surface area contributed by atoms with E-state index in [1.54, 1.807) is 28.0 Å². The summed E-state index contributed by atoms with van der Waals surface area (Å²) in [6.45, 7) is 0.724. The average Bonchev–Trinajstić information content (AvgIpc) is 2.85. The topological polar surface area (TPSA) is 75.9 Å². The van der Waals surface area contributed by atoms with E-state index >= 15 is 0 Å². The Morgan fingerprint density at radius 3 is 2.90 bits per heavy atom. The lowest BCUT2D eigenvalue weighted by Crippen LogP contribution is -2.35. The van der Waals surface area contributed by atoms with Gasteiger partial charge in [-0.2, -0.15) is 10.1 Å². The van der Waals surface area contributed by atoms with Gasteiger partial charge in [-0.1, -0.05) is 0 Å². The molecule has 0 saturated carbocycles. The Hall–Kier alpha value is -2.15. The van der Waals surface area contributed by atoms with Crippen LogP contribution in [0.5, 0.6) is 0 Å². The first-order chi connectivity index (χ1) is 9.72. The summed E-state index contributed by atoms with van der Waals surface area (Å²) in [7, 11) is 1.84. The minimum absolute atomic E-state index is 0. The lowest BCUT2D eigenvalue weighted by Gasteiger charge is -2.25. The smallest absolute Gasteiger partial charge is 0.229 e. The van der Waals surface area contributed by atoms with Gasteiger partial charge in [0.2, 0.25) is 11.9 Å². The average molecular weight is 309 g/mol. The first kappa shape index (κ1) is 15.2. The van der Waals surface area contributed by atoms with Gasteiger partial charge in [0.1, 0.15) is 5.82 Å². The molecule has 7 nitrogen and oxygen atoms in total. The molecular weight excluding hydrogens is 292 g/mol. The van der Waals surface area contributed by atoms with Gasteiger partial charge in [-0.25, -0.2) is 4.98 Å². The van der Waals surface area contributed by atoms with E-state index in [2.05, 4.69) is 20.4 Å². The number of anilines is 3. The molecule has 8 heteroatoms. The molecule has 0 aliphatic carbocycles. The summed E-state index contributed by atoms with van der Waals surface area (Å²) in [5.74, 6) is 1.24. The highest BCUT2D eigenvalue weighted by Gasteiger charge is 2.20. The van der Waals surface area contributed by atoms with Gasteiger partial charge in [0.15, 0.2) is 0 Å². The second-order valence-electron chi connectivity index (χ2n) is 4.77. The Balaban J connectivity index is 0.00000161. The van der Waals surface area contributed by atoms with Crippen LogP contribution in [0.1, 0.15) is 19.3 Å². The van der Waals surface area contributed by atoms with Gasteiger partial charge >= 0.3 is 0 Å². The number of piperidine rings is 1. The van der Waals surface area contributed by atoms with Crippen molar-refractivity contribution in [2.45, 2.75) is 19.3 Å². The molecule has 2 aromatic heterocycles. The Morgan fingerprint density at radius 2 is 2.19 bits per heavy atom. The Kier molecular flexibility index (Phi) is 4.74. The summed E-state index contributed by atoms with van der Waals surface area (Å²) in [5, 5.41) is 7.15. The monoisotopic (exact) mass is 308 g/mol. The molecule has 1 saturated heterocycles. The van der Waals surface area contributed by atoms with E-state index < -0.39 is 0 Å². The van der Waals surface area contributed by atoms with Crippen molar-refractivity contribution in [3.8, 4) is 0 Å². The maximum absolute atomic E-state index is 11.9. The second kappa shape index (κ2) is 6.53. The van der Waals surface area contributed by atoms with Crippen molar-refractivity contribution in [3.05, 3.63) is 24.7 Å². The van der Waals surface area contributed by atoms with E-state index in [0.29, 0.717) is 18.2 Å². The molecule has 0 spiro atoms. The molecule has 3 heterocycles. The van der Waals surface area contributed by atoms with Crippen LogP contribution in [0.2, 0.25) is 0 Å². The van der Waals surface area contributed by atoms with Gasteiger partial charge in [-0.15, -0.1) is 12.4 Å². The SMILES string of the molecule is Cl.Cn1cc(Nc2nccc(N3CCCCC3=O)n2)cn1. The number of aromatic nitrogens is 4. The van der Waals surface area contributed by atoms with Crippen molar-refractivity contribution >= 4 is 35.8 Å². The zero-order valence-corrected chi connectivity index (χ0v) is 12.5. The molecule has 21 heavy (non-hydrogen) atoms. The lowest BCUT2D eigenvalue weighted by molar-refractivity contribution is -0.119. The number of hydrogen-bond donors (Lipinski definition) is 1. The fourth-order valence-electron chi connectivity index (χ4n) is 2.22. The highest BCUT2D eigenvalue weighted by molar-refractivity contribution is 5.93. The maximum Gasteiger partial charge on any atom is 0.229 e. The van der Waals surface area contributed by atoms with Gasteiger partial charge in [0.05, 0.1) is 11.9 Å². The summed E-state index contributed by atoms with van der Waals surface area (Å²) in [6, 6.07) is 1.76. The second-order valence-corrected chi connectivity index (χ2v) is 4.77. The number of nitrogens with zero attached hydrogens (tertiary/aromatic N) is 5. The zero-order chi connectivity index (χ0) is 13.9. The summed E-state index contributed by atoms with van der Waals surface area (Å²) < 4.78 is 1.69. The fraction of sp³-hybridized carbons (Fsp3) is 0.385. The molecule has 0 atom stereocenters. The molecule has 1 aliphatic heterocycles. The molecule has 1 aliphatic rings. The van der Waals surface area contributed by atoms with E-state index in [1.807, 2.05) is 13.2 Å². The van der Waals surface area contributed by atoms with E-state index in [4.69, 9.17) is 0 Å². The summed E-state index contributed by atoms with van der Waals surface area (Å²) >= 11 is 0. The zero-order valence-electron chi connectivity index (χ0n) is 11.7. The normalized spacial score (nSPS) is 14.7. The highest BCUT2D eigenvalue weighted by Crippen LogP contribution is 2.20. The lowest BCUT2D eigenvalue weighted by atomic mass is 10.1. The minimum Gasteiger partial charge on any atom is -0.321 e. The third-order valence-electron chi connectivity index (χ3n) is 3.20. The van der Waals surface area contributed by atoms with E-state index in [1.165, 1.54) is 0 Å². The number of carbonyl (C=O) groups excluding carboxylic acids is 1. The number of rotatable bonds is 3. The van der Waals surface area contributed by atoms with Gasteiger partial charge in [-0.3, -0.25) is 14.4 Å². The van der Waals surface area contributed by atoms with Crippen molar-refractivity contribution in [2.75, 3.05) is 16.8 Å². The van der Waals surface area contributed by atoms with Crippen LogP contribution in [-0.2, 0) is 11.8 Å². The van der Waals surface area contributed by atoms with Crippen LogP contribution < -0.4 is 10.2 Å². The van der Waals surface area contributed by atoms with Gasteiger partial charge in [-0.05, 0) is 18.9 Å². The molecule has 1 fully saturated rings. The molecule has 1 N–H and O–H groups in total. The Morgan fingerprint density at radius 1 is 1.33 bits per heavy atom. The molecule has 3 rings (SSSR count). The fourth-order valence-corrected chi connectivity index (χ4v) is 2.22. The van der Waals surface area contributed by atoms with E-state index in [-0.39, 0.29) is 18.3 Å². The maximum atomic E-state index is 11.9. The third-order valence-corrected chi connectivity index (χ3v) is 3.20. The Bertz CT molecular complexity index is 629. The third kappa shape index (κ3) is 3.49. The number of hydrogen-bond acceptors (Lipinski definition) is 5. The van der Waals surface area contributed by atoms with E-state index in [0.717, 1.165) is 25.1 Å². The number of amides is 1. The summed E-state index contributed by atoms with van der Waals surface area (Å²) in [6.07, 6.45) is 7.75. The molecule has 2 aromatic rings. The van der Waals surface area contributed by atoms with Crippen molar-refractivity contribution in [3.63, 3.8) is 0 Å². The first-order valence-electron chi connectivity index (χ1n) is 6.61. The van der Waals surface area contributed by atoms with Crippen molar-refractivity contribution in [1.29, 1.82) is 0 Å². The predicted octanol–water partition coefficient (Wildman–Crippen LogP) is 1.89. The molecule has 0 unspecified atom stereocenters. The van der Waals surface area contributed by atoms with Crippen LogP contribution in [0.4, 0.5) is 17.5 Å². The van der Waals surface area contributed by atoms with Crippen LogP contribution in [0, 0.1) is 0 Å². The Labute approximate surface area is 128 Å². The number of nitrogens with one attached hydrogen (secondary N) is 1. The van der Waals surface area contributed by atoms with Crippen LogP contribution in [0.15, 0.2) is 24.7 Å². The molecular formula is C13H17ClN6O. The summed E-state index contributed by atoms with van der Waals surface area (Å²) in [4.78, 5) is 22.2. The highest BCUT2D eigenvalue weighted by atomic mass is 35.5. The van der Waals surface area contributed by atoms with E-state index in [9.17, 15) is 4.79 Å². The standard InChI is InChI=1S/C13H16N6O.ClH/c1-18-9-10(8-15-18)16-13-14-6-5-11(17-13)19-7-3-2-4-12(19)20;/h5-6,8-9H,2-4,7H2,1H3,(H,14,16,17);1H. The molecule has 0 bridgehead atoms. The van der Waals surface area contributed by atoms with Crippen LogP contribution in [-0.4, -0.2) is 32.2 Å². The molecule has 112 valence electrons. The molecule has 0 radical (unpaired) electrons.